The molecule has 3 aromatic rings. The van der Waals surface area contributed by atoms with Crippen LogP contribution in [0.15, 0.2) is 23.0 Å². The Morgan fingerprint density at radius 3 is 2.70 bits per heavy atom. The van der Waals surface area contributed by atoms with E-state index in [1.165, 1.54) is 16.0 Å². The zero-order chi connectivity index (χ0) is 19.7. The van der Waals surface area contributed by atoms with E-state index in [1.54, 1.807) is 18.2 Å². The van der Waals surface area contributed by atoms with E-state index >= 15 is 0 Å². The van der Waals surface area contributed by atoms with Crippen molar-refractivity contribution in [2.45, 2.75) is 40.5 Å². The molecule has 1 aromatic carbocycles. The molecule has 6 nitrogen and oxygen atoms in total. The first kappa shape index (κ1) is 19.4. The summed E-state index contributed by atoms with van der Waals surface area (Å²) in [7, 11) is 0. The quantitative estimate of drug-likeness (QED) is 0.672. The summed E-state index contributed by atoms with van der Waals surface area (Å²) >= 11 is 7.54. The third-order valence-electron chi connectivity index (χ3n) is 4.55. The first-order valence-corrected chi connectivity index (χ1v) is 9.77. The highest BCUT2D eigenvalue weighted by Gasteiger charge is 2.17. The molecule has 0 radical (unpaired) electrons. The number of amides is 1. The smallest absolute Gasteiger partial charge is 0.276 e. The molecule has 27 heavy (non-hydrogen) atoms. The van der Waals surface area contributed by atoms with Crippen LogP contribution in [0.25, 0.3) is 5.13 Å². The minimum Gasteiger partial charge on any atom is -0.326 e. The average Bonchev–Trinajstić information content (AvgIpc) is 3.09. The van der Waals surface area contributed by atoms with Crippen LogP contribution in [0.2, 0.25) is 5.02 Å². The lowest BCUT2D eigenvalue weighted by Gasteiger charge is -2.09. The van der Waals surface area contributed by atoms with Crippen molar-refractivity contribution in [3.8, 4) is 5.13 Å². The molecular formula is C19H21ClN4O2S. The van der Waals surface area contributed by atoms with Gasteiger partial charge in [-0.25, -0.2) is 4.98 Å². The Kier molecular flexibility index (Phi) is 5.53. The molecule has 0 atom stereocenters. The summed E-state index contributed by atoms with van der Waals surface area (Å²) in [5.41, 5.74) is 3.60. The Morgan fingerprint density at radius 2 is 2.04 bits per heavy atom. The topological polar surface area (TPSA) is 79.8 Å². The van der Waals surface area contributed by atoms with E-state index in [-0.39, 0.29) is 17.9 Å². The number of carbonyl (C=O) groups excluding carboxylic acids is 1. The van der Waals surface area contributed by atoms with Crippen LogP contribution in [-0.2, 0) is 11.2 Å². The number of thiazole rings is 1. The molecule has 1 amide bonds. The summed E-state index contributed by atoms with van der Waals surface area (Å²) in [5, 5.41) is 7.14. The van der Waals surface area contributed by atoms with Crippen molar-refractivity contribution in [3.05, 3.63) is 61.0 Å². The first-order chi connectivity index (χ1) is 12.8. The van der Waals surface area contributed by atoms with Crippen LogP contribution < -0.4 is 10.9 Å². The van der Waals surface area contributed by atoms with Crippen LogP contribution in [0, 0.1) is 27.7 Å². The average molecular weight is 405 g/mol. The molecule has 0 saturated carbocycles. The standard InChI is InChI=1S/C19H21ClN4O2S/c1-10-15(20)6-5-7-16(10)22-17(25)9-8-14-12(3)23-24(18(14)26)19-21-11(2)13(4)27-19/h5-7,23H,8-9H2,1-4H3,(H,22,25). The molecule has 2 N–H and O–H groups in total. The van der Waals surface area contributed by atoms with E-state index in [2.05, 4.69) is 15.4 Å². The Labute approximate surface area is 166 Å². The predicted octanol–water partition coefficient (Wildman–Crippen LogP) is 4.08. The number of rotatable bonds is 5. The van der Waals surface area contributed by atoms with Gasteiger partial charge in [0, 0.05) is 33.3 Å². The summed E-state index contributed by atoms with van der Waals surface area (Å²) in [4.78, 5) is 30.5. The number of anilines is 1. The monoisotopic (exact) mass is 404 g/mol. The van der Waals surface area contributed by atoms with Gasteiger partial charge in [0.25, 0.3) is 5.56 Å². The molecule has 0 aliphatic rings. The number of hydrogen-bond donors (Lipinski definition) is 2. The SMILES string of the molecule is Cc1nc(-n2[nH]c(C)c(CCC(=O)Nc3cccc(Cl)c3C)c2=O)sc1C. The number of hydrogen-bond acceptors (Lipinski definition) is 4. The van der Waals surface area contributed by atoms with Gasteiger partial charge in [0.2, 0.25) is 11.0 Å². The lowest BCUT2D eigenvalue weighted by Crippen LogP contribution is -2.19. The zero-order valence-electron chi connectivity index (χ0n) is 15.6. The maximum absolute atomic E-state index is 12.7. The van der Waals surface area contributed by atoms with Crippen LogP contribution in [0.4, 0.5) is 5.69 Å². The number of benzene rings is 1. The molecular weight excluding hydrogens is 384 g/mol. The molecule has 2 heterocycles. The Bertz CT molecular complexity index is 1040. The van der Waals surface area contributed by atoms with Gasteiger partial charge in [-0.2, -0.15) is 4.68 Å². The molecule has 0 saturated heterocycles. The second kappa shape index (κ2) is 7.70. The van der Waals surface area contributed by atoms with Crippen molar-refractivity contribution in [3.63, 3.8) is 0 Å². The van der Waals surface area contributed by atoms with Gasteiger partial charge in [0.05, 0.1) is 5.69 Å². The molecule has 3 rings (SSSR count). The van der Waals surface area contributed by atoms with Gasteiger partial charge >= 0.3 is 0 Å². The van der Waals surface area contributed by atoms with E-state index in [1.807, 2.05) is 27.7 Å². The van der Waals surface area contributed by atoms with Crippen molar-refractivity contribution < 1.29 is 4.79 Å². The molecule has 0 fully saturated rings. The number of nitrogens with zero attached hydrogens (tertiary/aromatic N) is 2. The van der Waals surface area contributed by atoms with Crippen LogP contribution in [0.5, 0.6) is 0 Å². The number of H-pyrrole nitrogens is 1. The van der Waals surface area contributed by atoms with E-state index < -0.39 is 0 Å². The van der Waals surface area contributed by atoms with Crippen molar-refractivity contribution in [2.75, 3.05) is 5.32 Å². The number of carbonyl (C=O) groups is 1. The van der Waals surface area contributed by atoms with Crippen molar-refractivity contribution in [2.24, 2.45) is 0 Å². The maximum Gasteiger partial charge on any atom is 0.276 e. The number of aromatic amines is 1. The van der Waals surface area contributed by atoms with Crippen LogP contribution in [0.3, 0.4) is 0 Å². The zero-order valence-corrected chi connectivity index (χ0v) is 17.2. The third-order valence-corrected chi connectivity index (χ3v) is 6.01. The van der Waals surface area contributed by atoms with Crippen LogP contribution in [0.1, 0.15) is 33.8 Å². The second-order valence-electron chi connectivity index (χ2n) is 6.45. The maximum atomic E-state index is 12.7. The molecule has 0 spiro atoms. The number of halogens is 1. The summed E-state index contributed by atoms with van der Waals surface area (Å²) in [6.07, 6.45) is 0.554. The van der Waals surface area contributed by atoms with Crippen molar-refractivity contribution >= 4 is 34.5 Å². The highest BCUT2D eigenvalue weighted by Crippen LogP contribution is 2.23. The fraction of sp³-hybridized carbons (Fsp3) is 0.316. The first-order valence-electron chi connectivity index (χ1n) is 8.57. The lowest BCUT2D eigenvalue weighted by molar-refractivity contribution is -0.116. The molecule has 2 aromatic heterocycles. The van der Waals surface area contributed by atoms with Crippen LogP contribution in [-0.4, -0.2) is 20.7 Å². The summed E-state index contributed by atoms with van der Waals surface area (Å²) in [6, 6.07) is 5.37. The largest absolute Gasteiger partial charge is 0.326 e. The van der Waals surface area contributed by atoms with Crippen molar-refractivity contribution in [1.82, 2.24) is 14.8 Å². The Morgan fingerprint density at radius 1 is 1.30 bits per heavy atom. The number of aromatic nitrogens is 3. The second-order valence-corrected chi connectivity index (χ2v) is 8.04. The van der Waals surface area contributed by atoms with Gasteiger partial charge in [-0.05, 0) is 51.8 Å². The van der Waals surface area contributed by atoms with Gasteiger partial charge in [0.15, 0.2) is 0 Å². The highest BCUT2D eigenvalue weighted by atomic mass is 35.5. The van der Waals surface area contributed by atoms with Gasteiger partial charge in [-0.1, -0.05) is 29.0 Å². The minimum absolute atomic E-state index is 0.159. The van der Waals surface area contributed by atoms with Gasteiger partial charge in [-0.15, -0.1) is 0 Å². The fourth-order valence-electron chi connectivity index (χ4n) is 2.76. The van der Waals surface area contributed by atoms with E-state index in [0.29, 0.717) is 27.8 Å². The Balaban J connectivity index is 1.74. The summed E-state index contributed by atoms with van der Waals surface area (Å²) < 4.78 is 1.45. The van der Waals surface area contributed by atoms with Crippen molar-refractivity contribution in [1.29, 1.82) is 0 Å². The number of aryl methyl sites for hydroxylation is 3. The molecule has 0 bridgehead atoms. The highest BCUT2D eigenvalue weighted by molar-refractivity contribution is 7.14. The summed E-state index contributed by atoms with van der Waals surface area (Å²) in [5.74, 6) is -0.159. The molecule has 8 heteroatoms. The molecule has 142 valence electrons. The third kappa shape index (κ3) is 3.99. The van der Waals surface area contributed by atoms with E-state index in [4.69, 9.17) is 11.6 Å². The lowest BCUT2D eigenvalue weighted by atomic mass is 10.1. The van der Waals surface area contributed by atoms with Crippen LogP contribution >= 0.6 is 22.9 Å². The Hall–Kier alpha value is -2.38. The van der Waals surface area contributed by atoms with Gasteiger partial charge < -0.3 is 5.32 Å². The van der Waals surface area contributed by atoms with E-state index in [0.717, 1.165) is 21.8 Å². The molecule has 0 unspecified atom stereocenters. The molecule has 0 aliphatic carbocycles. The van der Waals surface area contributed by atoms with Gasteiger partial charge in [-0.3, -0.25) is 14.7 Å². The minimum atomic E-state index is -0.159. The fourth-order valence-corrected chi connectivity index (χ4v) is 3.80. The molecule has 0 aliphatic heterocycles. The van der Waals surface area contributed by atoms with E-state index in [9.17, 15) is 9.59 Å². The van der Waals surface area contributed by atoms with Gasteiger partial charge in [0.1, 0.15) is 0 Å². The summed E-state index contributed by atoms with van der Waals surface area (Å²) in [6.45, 7) is 7.57. The predicted molar refractivity (Wildman–Crippen MR) is 109 cm³/mol. The normalized spacial score (nSPS) is 11.0. The number of nitrogens with one attached hydrogen (secondary N) is 2.